The van der Waals surface area contributed by atoms with Crippen molar-refractivity contribution in [3.05, 3.63) is 45.6 Å². The molecular formula is C14H14ClIN2O. The van der Waals surface area contributed by atoms with Crippen LogP contribution in [0.25, 0.3) is 0 Å². The third-order valence-corrected chi connectivity index (χ3v) is 3.69. The summed E-state index contributed by atoms with van der Waals surface area (Å²) in [5, 5.41) is 0. The average molecular weight is 389 g/mol. The van der Waals surface area contributed by atoms with Crippen molar-refractivity contribution in [3.63, 3.8) is 0 Å². The highest BCUT2D eigenvalue weighted by atomic mass is 127. The number of halogens is 2. The van der Waals surface area contributed by atoms with Crippen LogP contribution in [0.4, 0.5) is 0 Å². The molecule has 100 valence electrons. The van der Waals surface area contributed by atoms with Gasteiger partial charge in [0.05, 0.1) is 15.6 Å². The van der Waals surface area contributed by atoms with Crippen molar-refractivity contribution in [1.29, 1.82) is 0 Å². The number of alkyl halides is 1. The van der Waals surface area contributed by atoms with Crippen molar-refractivity contribution in [1.82, 2.24) is 9.97 Å². The fourth-order valence-electron chi connectivity index (χ4n) is 1.53. The molecule has 0 saturated heterocycles. The lowest BCUT2D eigenvalue weighted by Crippen LogP contribution is -2.02. The Morgan fingerprint density at radius 2 is 2.00 bits per heavy atom. The predicted molar refractivity (Wildman–Crippen MR) is 84.9 cm³/mol. The number of ether oxygens (including phenoxy) is 1. The first-order valence-electron chi connectivity index (χ1n) is 5.96. The van der Waals surface area contributed by atoms with Gasteiger partial charge in [0.25, 0.3) is 0 Å². The van der Waals surface area contributed by atoms with E-state index in [1.165, 1.54) is 0 Å². The molecule has 0 N–H and O–H groups in total. The Morgan fingerprint density at radius 1 is 1.26 bits per heavy atom. The van der Waals surface area contributed by atoms with Crippen LogP contribution in [-0.4, -0.2) is 9.97 Å². The first kappa shape index (κ1) is 14.5. The molecule has 0 radical (unpaired) electrons. The summed E-state index contributed by atoms with van der Waals surface area (Å²) >= 11 is 8.17. The molecule has 0 bridgehead atoms. The lowest BCUT2D eigenvalue weighted by molar-refractivity contribution is 0.466. The molecule has 1 aromatic carbocycles. The summed E-state index contributed by atoms with van der Waals surface area (Å²) in [7, 11) is 0. The number of rotatable bonds is 4. The topological polar surface area (TPSA) is 35.0 Å². The Kier molecular flexibility index (Phi) is 4.99. The largest absolute Gasteiger partial charge is 0.453 e. The third kappa shape index (κ3) is 3.57. The minimum Gasteiger partial charge on any atom is -0.453 e. The Bertz CT molecular complexity index is 575. The maximum absolute atomic E-state index is 5.94. The summed E-state index contributed by atoms with van der Waals surface area (Å²) in [5.41, 5.74) is 0.722. The molecular weight excluding hydrogens is 375 g/mol. The van der Waals surface area contributed by atoms with Gasteiger partial charge in [-0.2, -0.15) is 0 Å². The summed E-state index contributed by atoms with van der Waals surface area (Å²) in [6.07, 6.45) is 1.70. The van der Waals surface area contributed by atoms with E-state index in [-0.39, 0.29) is 5.92 Å². The second-order valence-corrected chi connectivity index (χ2v) is 5.79. The van der Waals surface area contributed by atoms with Gasteiger partial charge in [0, 0.05) is 5.92 Å². The van der Waals surface area contributed by atoms with E-state index in [1.54, 1.807) is 6.20 Å². The van der Waals surface area contributed by atoms with E-state index in [0.717, 1.165) is 20.8 Å². The molecule has 1 heterocycles. The molecule has 0 aliphatic heterocycles. The van der Waals surface area contributed by atoms with Crippen molar-refractivity contribution in [2.24, 2.45) is 0 Å². The van der Waals surface area contributed by atoms with E-state index < -0.39 is 0 Å². The van der Waals surface area contributed by atoms with Crippen LogP contribution in [0.2, 0.25) is 0 Å². The van der Waals surface area contributed by atoms with Crippen molar-refractivity contribution >= 4 is 34.2 Å². The summed E-state index contributed by atoms with van der Waals surface area (Å²) < 4.78 is 6.88. The molecule has 19 heavy (non-hydrogen) atoms. The molecule has 0 aliphatic carbocycles. The van der Waals surface area contributed by atoms with Crippen molar-refractivity contribution in [2.75, 3.05) is 0 Å². The van der Waals surface area contributed by atoms with E-state index in [2.05, 4.69) is 32.6 Å². The quantitative estimate of drug-likeness (QED) is 0.561. The molecule has 1 aromatic heterocycles. The van der Waals surface area contributed by atoms with Crippen molar-refractivity contribution in [3.8, 4) is 11.5 Å². The number of para-hydroxylation sites is 1. The zero-order chi connectivity index (χ0) is 13.8. The number of benzene rings is 1. The smallest absolute Gasteiger partial charge is 0.168 e. The molecule has 0 atom stereocenters. The second-order valence-electron chi connectivity index (χ2n) is 4.36. The van der Waals surface area contributed by atoms with Gasteiger partial charge in [0.2, 0.25) is 0 Å². The molecule has 0 saturated carbocycles. The standard InChI is InChI=1S/C14H14ClIN2O/c1-9(2)14-17-8-13(11(7-15)18-14)19-12-6-4-3-5-10(12)16/h3-6,8-9H,7H2,1-2H3. The fraction of sp³-hybridized carbons (Fsp3) is 0.286. The Morgan fingerprint density at radius 3 is 2.63 bits per heavy atom. The van der Waals surface area contributed by atoms with Gasteiger partial charge >= 0.3 is 0 Å². The molecule has 0 amide bonds. The Hall–Kier alpha value is -0.880. The minimum atomic E-state index is 0.271. The highest BCUT2D eigenvalue weighted by Gasteiger charge is 2.11. The van der Waals surface area contributed by atoms with Crippen LogP contribution in [-0.2, 0) is 5.88 Å². The maximum atomic E-state index is 5.94. The minimum absolute atomic E-state index is 0.271. The lowest BCUT2D eigenvalue weighted by atomic mass is 10.2. The number of hydrogen-bond donors (Lipinski definition) is 0. The highest BCUT2D eigenvalue weighted by molar-refractivity contribution is 14.1. The zero-order valence-corrected chi connectivity index (χ0v) is 13.6. The first-order chi connectivity index (χ1) is 9.11. The van der Waals surface area contributed by atoms with Crippen LogP contribution in [0.5, 0.6) is 11.5 Å². The molecule has 0 aliphatic rings. The van der Waals surface area contributed by atoms with Crippen LogP contribution < -0.4 is 4.74 Å². The van der Waals surface area contributed by atoms with Crippen LogP contribution in [0.1, 0.15) is 31.3 Å². The van der Waals surface area contributed by atoms with Gasteiger partial charge < -0.3 is 4.74 Å². The van der Waals surface area contributed by atoms with Gasteiger partial charge in [-0.05, 0) is 34.7 Å². The van der Waals surface area contributed by atoms with E-state index in [1.807, 2.05) is 38.1 Å². The lowest BCUT2D eigenvalue weighted by Gasteiger charge is -2.12. The summed E-state index contributed by atoms with van der Waals surface area (Å²) in [6.45, 7) is 4.10. The van der Waals surface area contributed by atoms with Crippen LogP contribution in [0, 0.1) is 3.57 Å². The normalized spacial score (nSPS) is 10.8. The van der Waals surface area contributed by atoms with Gasteiger partial charge in [0.1, 0.15) is 17.3 Å². The van der Waals surface area contributed by atoms with Crippen LogP contribution in [0.3, 0.4) is 0 Å². The third-order valence-electron chi connectivity index (χ3n) is 2.55. The van der Waals surface area contributed by atoms with E-state index in [0.29, 0.717) is 11.6 Å². The fourth-order valence-corrected chi connectivity index (χ4v) is 2.22. The Balaban J connectivity index is 2.33. The predicted octanol–water partition coefficient (Wildman–Crippen LogP) is 4.74. The molecule has 2 rings (SSSR count). The zero-order valence-electron chi connectivity index (χ0n) is 10.7. The van der Waals surface area contributed by atoms with E-state index in [9.17, 15) is 0 Å². The molecule has 0 spiro atoms. The van der Waals surface area contributed by atoms with Crippen LogP contribution >= 0.6 is 34.2 Å². The second kappa shape index (κ2) is 6.52. The summed E-state index contributed by atoms with van der Waals surface area (Å²) in [6, 6.07) is 7.80. The number of hydrogen-bond acceptors (Lipinski definition) is 3. The van der Waals surface area contributed by atoms with Crippen molar-refractivity contribution < 1.29 is 4.74 Å². The molecule has 5 heteroatoms. The molecule has 2 aromatic rings. The van der Waals surface area contributed by atoms with Gasteiger partial charge in [-0.1, -0.05) is 26.0 Å². The maximum Gasteiger partial charge on any atom is 0.168 e. The number of aromatic nitrogens is 2. The SMILES string of the molecule is CC(C)c1ncc(Oc2ccccc2I)c(CCl)n1. The first-order valence-corrected chi connectivity index (χ1v) is 7.57. The molecule has 0 unspecified atom stereocenters. The van der Waals surface area contributed by atoms with Gasteiger partial charge in [0.15, 0.2) is 5.75 Å². The molecule has 3 nitrogen and oxygen atoms in total. The van der Waals surface area contributed by atoms with E-state index >= 15 is 0 Å². The van der Waals surface area contributed by atoms with Crippen molar-refractivity contribution in [2.45, 2.75) is 25.6 Å². The molecule has 0 fully saturated rings. The highest BCUT2D eigenvalue weighted by Crippen LogP contribution is 2.29. The Labute approximate surface area is 131 Å². The summed E-state index contributed by atoms with van der Waals surface area (Å²) in [5.74, 6) is 2.76. The van der Waals surface area contributed by atoms with E-state index in [4.69, 9.17) is 16.3 Å². The summed E-state index contributed by atoms with van der Waals surface area (Å²) in [4.78, 5) is 8.76. The monoisotopic (exact) mass is 388 g/mol. The van der Waals surface area contributed by atoms with Gasteiger partial charge in [-0.15, -0.1) is 11.6 Å². The van der Waals surface area contributed by atoms with Gasteiger partial charge in [-0.25, -0.2) is 9.97 Å². The van der Waals surface area contributed by atoms with Crippen LogP contribution in [0.15, 0.2) is 30.5 Å². The number of nitrogens with zero attached hydrogens (tertiary/aromatic N) is 2. The average Bonchev–Trinajstić information content (AvgIpc) is 2.41. The van der Waals surface area contributed by atoms with Gasteiger partial charge in [-0.3, -0.25) is 0 Å².